The van der Waals surface area contributed by atoms with Crippen LogP contribution in [0.4, 0.5) is 11.4 Å². The van der Waals surface area contributed by atoms with E-state index in [2.05, 4.69) is 24.3 Å². The third-order valence-corrected chi connectivity index (χ3v) is 5.75. The highest BCUT2D eigenvalue weighted by Crippen LogP contribution is 2.48. The Hall–Kier alpha value is -1.74. The van der Waals surface area contributed by atoms with Gasteiger partial charge in [-0.15, -0.1) is 0 Å². The van der Waals surface area contributed by atoms with Crippen LogP contribution in [0.2, 0.25) is 0 Å². The Kier molecular flexibility index (Phi) is 3.67. The van der Waals surface area contributed by atoms with Gasteiger partial charge in [-0.25, -0.2) is 0 Å². The fourth-order valence-corrected chi connectivity index (χ4v) is 4.58. The second-order valence-corrected chi connectivity index (χ2v) is 7.21. The number of carbonyl (C=O) groups is 1. The molecule has 2 aromatic carbocycles. The first-order valence-corrected chi connectivity index (χ1v) is 8.83. The van der Waals surface area contributed by atoms with Crippen molar-refractivity contribution in [2.45, 2.75) is 41.9 Å². The highest BCUT2D eigenvalue weighted by atomic mass is 32.2. The standard InChI is InChI=1S/C19H19NOS/c21-19(13-14-7-1-2-8-14)20-15-9-3-5-11-17(15)22-18-12-6-4-10-16(18)20/h3-6,9-12,14H,1-2,7-8,13H2. The van der Waals surface area contributed by atoms with Gasteiger partial charge in [-0.3, -0.25) is 9.69 Å². The van der Waals surface area contributed by atoms with Gasteiger partial charge in [0, 0.05) is 16.2 Å². The quantitative estimate of drug-likeness (QED) is 0.740. The van der Waals surface area contributed by atoms with Crippen molar-refractivity contribution in [3.05, 3.63) is 48.5 Å². The molecular formula is C19H19NOS. The van der Waals surface area contributed by atoms with Crippen LogP contribution in [0.15, 0.2) is 58.3 Å². The molecule has 1 saturated carbocycles. The van der Waals surface area contributed by atoms with Crippen LogP contribution in [0.1, 0.15) is 32.1 Å². The average Bonchev–Trinajstić information content (AvgIpc) is 3.05. The smallest absolute Gasteiger partial charge is 0.231 e. The molecular weight excluding hydrogens is 290 g/mol. The van der Waals surface area contributed by atoms with Gasteiger partial charge in [0.15, 0.2) is 0 Å². The first kappa shape index (κ1) is 13.9. The maximum absolute atomic E-state index is 13.0. The zero-order valence-electron chi connectivity index (χ0n) is 12.5. The van der Waals surface area contributed by atoms with Gasteiger partial charge in [0.05, 0.1) is 11.4 Å². The molecule has 0 atom stereocenters. The van der Waals surface area contributed by atoms with Crippen LogP contribution >= 0.6 is 11.8 Å². The molecule has 2 aliphatic rings. The lowest BCUT2D eigenvalue weighted by Gasteiger charge is -2.31. The average molecular weight is 309 g/mol. The fraction of sp³-hybridized carbons (Fsp3) is 0.316. The van der Waals surface area contributed by atoms with E-state index in [0.717, 1.165) is 11.4 Å². The molecule has 1 aliphatic carbocycles. The molecule has 0 saturated heterocycles. The third-order valence-electron chi connectivity index (χ3n) is 4.62. The number of rotatable bonds is 2. The van der Waals surface area contributed by atoms with Crippen molar-refractivity contribution in [1.29, 1.82) is 0 Å². The van der Waals surface area contributed by atoms with Gasteiger partial charge in [0.25, 0.3) is 0 Å². The van der Waals surface area contributed by atoms with E-state index in [9.17, 15) is 4.79 Å². The van der Waals surface area contributed by atoms with Gasteiger partial charge in [-0.2, -0.15) is 0 Å². The molecule has 112 valence electrons. The minimum absolute atomic E-state index is 0.243. The summed E-state index contributed by atoms with van der Waals surface area (Å²) in [7, 11) is 0. The highest BCUT2D eigenvalue weighted by molar-refractivity contribution is 7.99. The second-order valence-electron chi connectivity index (χ2n) is 6.12. The normalized spacial score (nSPS) is 17.2. The molecule has 1 amide bonds. The molecule has 0 spiro atoms. The molecule has 2 nitrogen and oxygen atoms in total. The molecule has 3 heteroatoms. The molecule has 0 unspecified atom stereocenters. The molecule has 1 aliphatic heterocycles. The van der Waals surface area contributed by atoms with Crippen molar-refractivity contribution in [2.75, 3.05) is 4.90 Å². The van der Waals surface area contributed by atoms with Crippen LogP contribution in [0.25, 0.3) is 0 Å². The van der Waals surface area contributed by atoms with Crippen LogP contribution in [0.5, 0.6) is 0 Å². The minimum atomic E-state index is 0.243. The summed E-state index contributed by atoms with van der Waals surface area (Å²) in [5.74, 6) is 0.813. The van der Waals surface area contributed by atoms with Crippen molar-refractivity contribution < 1.29 is 4.79 Å². The SMILES string of the molecule is O=C(CC1CCCC1)N1c2ccccc2Sc2ccccc21. The lowest BCUT2D eigenvalue weighted by Crippen LogP contribution is -2.29. The molecule has 4 rings (SSSR count). The summed E-state index contributed by atoms with van der Waals surface area (Å²) in [4.78, 5) is 17.3. The maximum Gasteiger partial charge on any atom is 0.231 e. The number of hydrogen-bond donors (Lipinski definition) is 0. The third kappa shape index (κ3) is 2.44. The molecule has 1 heterocycles. The van der Waals surface area contributed by atoms with Gasteiger partial charge in [-0.05, 0) is 43.0 Å². The largest absolute Gasteiger partial charge is 0.279 e. The van der Waals surface area contributed by atoms with Gasteiger partial charge < -0.3 is 0 Å². The Morgan fingerprint density at radius 3 is 2.09 bits per heavy atom. The zero-order chi connectivity index (χ0) is 14.9. The number of para-hydroxylation sites is 2. The summed E-state index contributed by atoms with van der Waals surface area (Å²) < 4.78 is 0. The summed E-state index contributed by atoms with van der Waals surface area (Å²) in [5.41, 5.74) is 2.07. The van der Waals surface area contributed by atoms with E-state index in [0.29, 0.717) is 12.3 Å². The maximum atomic E-state index is 13.0. The number of fused-ring (bicyclic) bond motifs is 2. The highest BCUT2D eigenvalue weighted by Gasteiger charge is 2.29. The minimum Gasteiger partial charge on any atom is -0.279 e. The van der Waals surface area contributed by atoms with Crippen molar-refractivity contribution in [3.8, 4) is 0 Å². The first-order chi connectivity index (χ1) is 10.8. The van der Waals surface area contributed by atoms with E-state index in [1.54, 1.807) is 11.8 Å². The van der Waals surface area contributed by atoms with Crippen LogP contribution in [0, 0.1) is 5.92 Å². The molecule has 0 aromatic heterocycles. The Labute approximate surface area is 135 Å². The number of carbonyl (C=O) groups excluding carboxylic acids is 1. The van der Waals surface area contributed by atoms with Crippen molar-refractivity contribution >= 4 is 29.0 Å². The first-order valence-electron chi connectivity index (χ1n) is 8.02. The molecule has 0 radical (unpaired) electrons. The Morgan fingerprint density at radius 2 is 1.50 bits per heavy atom. The van der Waals surface area contributed by atoms with Crippen molar-refractivity contribution in [1.82, 2.24) is 0 Å². The van der Waals surface area contributed by atoms with Crippen LogP contribution in [0.3, 0.4) is 0 Å². The van der Waals surface area contributed by atoms with Gasteiger partial charge in [0.2, 0.25) is 5.91 Å². The Morgan fingerprint density at radius 1 is 0.955 bits per heavy atom. The fourth-order valence-electron chi connectivity index (χ4n) is 3.53. The summed E-state index contributed by atoms with van der Waals surface area (Å²) in [6.45, 7) is 0. The number of benzene rings is 2. The Bertz CT molecular complexity index is 661. The molecule has 0 bridgehead atoms. The zero-order valence-corrected chi connectivity index (χ0v) is 13.3. The predicted octanol–water partition coefficient (Wildman–Crippen LogP) is 5.40. The number of hydrogen-bond acceptors (Lipinski definition) is 2. The molecule has 0 N–H and O–H groups in total. The van der Waals surface area contributed by atoms with Crippen molar-refractivity contribution in [2.24, 2.45) is 5.92 Å². The summed E-state index contributed by atoms with van der Waals surface area (Å²) in [5, 5.41) is 0. The van der Waals surface area contributed by atoms with E-state index in [1.807, 2.05) is 29.2 Å². The van der Waals surface area contributed by atoms with E-state index in [-0.39, 0.29) is 5.91 Å². The van der Waals surface area contributed by atoms with E-state index in [4.69, 9.17) is 0 Å². The number of amides is 1. The molecule has 1 fully saturated rings. The topological polar surface area (TPSA) is 20.3 Å². The van der Waals surface area contributed by atoms with Crippen LogP contribution in [-0.4, -0.2) is 5.91 Å². The van der Waals surface area contributed by atoms with Gasteiger partial charge in [0.1, 0.15) is 0 Å². The second kappa shape index (κ2) is 5.81. The summed E-state index contributed by atoms with van der Waals surface area (Å²) >= 11 is 1.75. The van der Waals surface area contributed by atoms with E-state index in [1.165, 1.54) is 35.5 Å². The lowest BCUT2D eigenvalue weighted by molar-refractivity contribution is -0.118. The monoisotopic (exact) mass is 309 g/mol. The predicted molar refractivity (Wildman–Crippen MR) is 90.7 cm³/mol. The van der Waals surface area contributed by atoms with Gasteiger partial charge in [-0.1, -0.05) is 48.9 Å². The van der Waals surface area contributed by atoms with Gasteiger partial charge >= 0.3 is 0 Å². The van der Waals surface area contributed by atoms with Crippen LogP contribution in [-0.2, 0) is 4.79 Å². The number of anilines is 2. The number of nitrogens with zero attached hydrogens (tertiary/aromatic N) is 1. The Balaban J connectivity index is 1.72. The van der Waals surface area contributed by atoms with E-state index >= 15 is 0 Å². The summed E-state index contributed by atoms with van der Waals surface area (Å²) in [6.07, 6.45) is 5.64. The molecule has 22 heavy (non-hydrogen) atoms. The van der Waals surface area contributed by atoms with E-state index < -0.39 is 0 Å². The summed E-state index contributed by atoms with van der Waals surface area (Å²) in [6, 6.07) is 16.4. The van der Waals surface area contributed by atoms with Crippen LogP contribution < -0.4 is 4.90 Å². The lowest BCUT2D eigenvalue weighted by atomic mass is 10.0. The van der Waals surface area contributed by atoms with Crippen molar-refractivity contribution in [3.63, 3.8) is 0 Å². The molecule has 2 aromatic rings.